The first-order valence-electron chi connectivity index (χ1n) is 6.35. The van der Waals surface area contributed by atoms with Gasteiger partial charge in [0.25, 0.3) is 5.91 Å². The predicted molar refractivity (Wildman–Crippen MR) is 74.9 cm³/mol. The molecule has 1 aromatic carbocycles. The SMILES string of the molecule is CNC(=O)c1cc(CCCCN)cc(OC)c1OC. The summed E-state index contributed by atoms with van der Waals surface area (Å²) in [6.45, 7) is 0.676. The van der Waals surface area contributed by atoms with Gasteiger partial charge in [-0.25, -0.2) is 0 Å². The zero-order valence-corrected chi connectivity index (χ0v) is 11.8. The number of methoxy groups -OCH3 is 2. The van der Waals surface area contributed by atoms with Gasteiger partial charge in [0.2, 0.25) is 0 Å². The number of amides is 1. The minimum Gasteiger partial charge on any atom is -0.493 e. The highest BCUT2D eigenvalue weighted by atomic mass is 16.5. The number of nitrogens with one attached hydrogen (secondary N) is 1. The van der Waals surface area contributed by atoms with E-state index in [1.165, 1.54) is 7.11 Å². The van der Waals surface area contributed by atoms with Crippen molar-refractivity contribution in [3.63, 3.8) is 0 Å². The monoisotopic (exact) mass is 266 g/mol. The van der Waals surface area contributed by atoms with Crippen molar-refractivity contribution in [3.8, 4) is 11.5 Å². The lowest BCUT2D eigenvalue weighted by Crippen LogP contribution is -2.19. The third-order valence-electron chi connectivity index (χ3n) is 2.93. The summed E-state index contributed by atoms with van der Waals surface area (Å²) in [5.74, 6) is 0.853. The number of hydrogen-bond donors (Lipinski definition) is 2. The van der Waals surface area contributed by atoms with E-state index in [4.69, 9.17) is 15.2 Å². The van der Waals surface area contributed by atoms with Crippen molar-refractivity contribution in [3.05, 3.63) is 23.3 Å². The minimum absolute atomic E-state index is 0.184. The second kappa shape index (κ2) is 7.63. The third kappa shape index (κ3) is 3.86. The molecule has 0 aliphatic heterocycles. The molecule has 0 aliphatic carbocycles. The quantitative estimate of drug-likeness (QED) is 0.731. The number of benzene rings is 1. The van der Waals surface area contributed by atoms with Crippen LogP contribution in [0.3, 0.4) is 0 Å². The van der Waals surface area contributed by atoms with E-state index in [1.54, 1.807) is 14.2 Å². The van der Waals surface area contributed by atoms with Crippen molar-refractivity contribution in [2.24, 2.45) is 5.73 Å². The summed E-state index contributed by atoms with van der Waals surface area (Å²) in [4.78, 5) is 11.9. The maximum Gasteiger partial charge on any atom is 0.254 e. The molecule has 106 valence electrons. The number of carbonyl (C=O) groups excluding carboxylic acids is 1. The van der Waals surface area contributed by atoms with Crippen molar-refractivity contribution < 1.29 is 14.3 Å². The van der Waals surface area contributed by atoms with Gasteiger partial charge in [0.1, 0.15) is 0 Å². The predicted octanol–water partition coefficient (Wildman–Crippen LogP) is 1.34. The van der Waals surface area contributed by atoms with E-state index >= 15 is 0 Å². The Balaban J connectivity index is 3.10. The number of carbonyl (C=O) groups is 1. The maximum atomic E-state index is 11.9. The first-order chi connectivity index (χ1) is 9.17. The van der Waals surface area contributed by atoms with Crippen LogP contribution >= 0.6 is 0 Å². The second-order valence-electron chi connectivity index (χ2n) is 4.20. The second-order valence-corrected chi connectivity index (χ2v) is 4.20. The molecule has 0 aromatic heterocycles. The average Bonchev–Trinajstić information content (AvgIpc) is 2.45. The molecule has 0 aliphatic rings. The Hall–Kier alpha value is -1.75. The van der Waals surface area contributed by atoms with Gasteiger partial charge in [0.05, 0.1) is 19.8 Å². The lowest BCUT2D eigenvalue weighted by atomic mass is 10.0. The summed E-state index contributed by atoms with van der Waals surface area (Å²) >= 11 is 0. The van der Waals surface area contributed by atoms with Crippen molar-refractivity contribution in [2.75, 3.05) is 27.8 Å². The molecular weight excluding hydrogens is 244 g/mol. The van der Waals surface area contributed by atoms with Gasteiger partial charge in [-0.05, 0) is 43.5 Å². The fourth-order valence-electron chi connectivity index (χ4n) is 1.94. The molecular formula is C14H22N2O3. The molecule has 0 heterocycles. The van der Waals surface area contributed by atoms with Gasteiger partial charge in [0, 0.05) is 7.05 Å². The van der Waals surface area contributed by atoms with Crippen LogP contribution in [0.25, 0.3) is 0 Å². The summed E-state index contributed by atoms with van der Waals surface area (Å²) in [6.07, 6.45) is 2.81. The van der Waals surface area contributed by atoms with Crippen LogP contribution in [0.15, 0.2) is 12.1 Å². The largest absolute Gasteiger partial charge is 0.493 e. The lowest BCUT2D eigenvalue weighted by Gasteiger charge is -2.14. The van der Waals surface area contributed by atoms with Gasteiger partial charge < -0.3 is 20.5 Å². The van der Waals surface area contributed by atoms with Crippen LogP contribution in [0.4, 0.5) is 0 Å². The molecule has 1 aromatic rings. The van der Waals surface area contributed by atoms with E-state index in [0.717, 1.165) is 24.8 Å². The number of ether oxygens (including phenoxy) is 2. The van der Waals surface area contributed by atoms with E-state index in [2.05, 4.69) is 5.32 Å². The van der Waals surface area contributed by atoms with Crippen molar-refractivity contribution >= 4 is 5.91 Å². The van der Waals surface area contributed by atoms with E-state index in [0.29, 0.717) is 23.6 Å². The molecule has 0 atom stereocenters. The Kier molecular flexibility index (Phi) is 6.15. The number of hydrogen-bond acceptors (Lipinski definition) is 4. The van der Waals surface area contributed by atoms with Crippen LogP contribution < -0.4 is 20.5 Å². The minimum atomic E-state index is -0.184. The number of rotatable bonds is 7. The molecule has 0 saturated carbocycles. The molecule has 0 bridgehead atoms. The summed E-state index contributed by atoms with van der Waals surface area (Å²) < 4.78 is 10.6. The maximum absolute atomic E-state index is 11.9. The van der Waals surface area contributed by atoms with Gasteiger partial charge in [-0.15, -0.1) is 0 Å². The van der Waals surface area contributed by atoms with Crippen LogP contribution in [-0.4, -0.2) is 33.7 Å². The average molecular weight is 266 g/mol. The molecule has 5 heteroatoms. The third-order valence-corrected chi connectivity index (χ3v) is 2.93. The van der Waals surface area contributed by atoms with Crippen LogP contribution in [-0.2, 0) is 6.42 Å². The summed E-state index contributed by atoms with van der Waals surface area (Å²) in [5, 5.41) is 2.61. The van der Waals surface area contributed by atoms with Crippen LogP contribution in [0, 0.1) is 0 Å². The first-order valence-corrected chi connectivity index (χ1v) is 6.35. The molecule has 5 nitrogen and oxygen atoms in total. The highest BCUT2D eigenvalue weighted by Gasteiger charge is 2.17. The highest BCUT2D eigenvalue weighted by Crippen LogP contribution is 2.33. The lowest BCUT2D eigenvalue weighted by molar-refractivity contribution is 0.0959. The van der Waals surface area contributed by atoms with Gasteiger partial charge >= 0.3 is 0 Å². The first kappa shape index (κ1) is 15.3. The Labute approximate surface area is 114 Å². The van der Waals surface area contributed by atoms with Crippen LogP contribution in [0.1, 0.15) is 28.8 Å². The van der Waals surface area contributed by atoms with Gasteiger partial charge in [-0.1, -0.05) is 0 Å². The molecule has 0 unspecified atom stereocenters. The summed E-state index contributed by atoms with van der Waals surface area (Å²) in [5.41, 5.74) is 7.02. The Morgan fingerprint density at radius 2 is 2.00 bits per heavy atom. The fraction of sp³-hybridized carbons (Fsp3) is 0.500. The van der Waals surface area contributed by atoms with Crippen LogP contribution in [0.2, 0.25) is 0 Å². The molecule has 0 spiro atoms. The topological polar surface area (TPSA) is 73.6 Å². The molecule has 19 heavy (non-hydrogen) atoms. The smallest absolute Gasteiger partial charge is 0.254 e. The van der Waals surface area contributed by atoms with Crippen LogP contribution in [0.5, 0.6) is 11.5 Å². The standard InChI is InChI=1S/C14H22N2O3/c1-16-14(17)11-8-10(6-4-5-7-15)9-12(18-2)13(11)19-3/h8-9H,4-7,15H2,1-3H3,(H,16,17). The van der Waals surface area contributed by atoms with E-state index in [9.17, 15) is 4.79 Å². The van der Waals surface area contributed by atoms with Gasteiger partial charge in [-0.3, -0.25) is 4.79 Å². The normalized spacial score (nSPS) is 10.1. The summed E-state index contributed by atoms with van der Waals surface area (Å²) in [6, 6.07) is 3.75. The molecule has 0 saturated heterocycles. The van der Waals surface area contributed by atoms with E-state index in [1.807, 2.05) is 12.1 Å². The van der Waals surface area contributed by atoms with Crippen molar-refractivity contribution in [1.82, 2.24) is 5.32 Å². The molecule has 1 rings (SSSR count). The van der Waals surface area contributed by atoms with Crippen molar-refractivity contribution in [1.29, 1.82) is 0 Å². The van der Waals surface area contributed by atoms with Gasteiger partial charge in [-0.2, -0.15) is 0 Å². The zero-order valence-electron chi connectivity index (χ0n) is 11.8. The Bertz CT molecular complexity index is 433. The molecule has 3 N–H and O–H groups in total. The zero-order chi connectivity index (χ0) is 14.3. The fourth-order valence-corrected chi connectivity index (χ4v) is 1.94. The number of unbranched alkanes of at least 4 members (excludes halogenated alkanes) is 1. The number of aryl methyl sites for hydroxylation is 1. The van der Waals surface area contributed by atoms with E-state index < -0.39 is 0 Å². The number of nitrogens with two attached hydrogens (primary N) is 1. The van der Waals surface area contributed by atoms with E-state index in [-0.39, 0.29) is 5.91 Å². The highest BCUT2D eigenvalue weighted by molar-refractivity contribution is 5.97. The molecule has 0 radical (unpaired) electrons. The van der Waals surface area contributed by atoms with Crippen molar-refractivity contribution in [2.45, 2.75) is 19.3 Å². The Morgan fingerprint density at radius 3 is 2.53 bits per heavy atom. The van der Waals surface area contributed by atoms with Gasteiger partial charge in [0.15, 0.2) is 11.5 Å². The molecule has 0 fully saturated rings. The molecule has 1 amide bonds. The summed E-state index contributed by atoms with van der Waals surface area (Å²) in [7, 11) is 4.68. The Morgan fingerprint density at radius 1 is 1.26 bits per heavy atom.